The molecule has 0 saturated heterocycles. The van der Waals surface area contributed by atoms with E-state index in [0.717, 1.165) is 5.56 Å². The molecule has 0 aliphatic carbocycles. The van der Waals surface area contributed by atoms with Crippen molar-refractivity contribution < 1.29 is 9.53 Å². The van der Waals surface area contributed by atoms with Gasteiger partial charge in [0.05, 0.1) is 0 Å². The molecule has 0 unspecified atom stereocenters. The van der Waals surface area contributed by atoms with E-state index in [2.05, 4.69) is 32.9 Å². The molecule has 3 nitrogen and oxygen atoms in total. The van der Waals surface area contributed by atoms with Gasteiger partial charge in [0.25, 0.3) is 0 Å². The van der Waals surface area contributed by atoms with Crippen molar-refractivity contribution in [2.24, 2.45) is 0 Å². The first-order valence-corrected chi connectivity index (χ1v) is 8.11. The average molecular weight is 311 g/mol. The summed E-state index contributed by atoms with van der Waals surface area (Å²) in [5.41, 5.74) is 6.18. The smallest absolute Gasteiger partial charge is 0.410 e. The van der Waals surface area contributed by atoms with Gasteiger partial charge in [-0.05, 0) is 69.0 Å². The molecule has 0 atom stereocenters. The molecule has 0 bridgehead atoms. The van der Waals surface area contributed by atoms with Crippen LogP contribution in [0.1, 0.15) is 30.5 Å². The van der Waals surface area contributed by atoms with Crippen molar-refractivity contribution in [3.8, 4) is 16.9 Å². The Bertz CT molecular complexity index is 662. The molecule has 0 aliphatic heterocycles. The molecular formula is C20H25NO2. The summed E-state index contributed by atoms with van der Waals surface area (Å²) in [5, 5.41) is 0. The van der Waals surface area contributed by atoms with Gasteiger partial charge >= 0.3 is 6.09 Å². The van der Waals surface area contributed by atoms with Crippen molar-refractivity contribution >= 4 is 6.09 Å². The summed E-state index contributed by atoms with van der Waals surface area (Å²) in [6.07, 6.45) is -0.301. The number of amides is 1. The van der Waals surface area contributed by atoms with Crippen molar-refractivity contribution in [1.82, 2.24) is 4.90 Å². The molecule has 23 heavy (non-hydrogen) atoms. The Morgan fingerprint density at radius 2 is 1.48 bits per heavy atom. The summed E-state index contributed by atoms with van der Waals surface area (Å²) in [5.74, 6) is 0.577. The highest BCUT2D eigenvalue weighted by Crippen LogP contribution is 2.29. The highest BCUT2D eigenvalue weighted by Gasteiger charge is 2.12. The zero-order valence-corrected chi connectivity index (χ0v) is 14.6. The number of hydrogen-bond acceptors (Lipinski definition) is 2. The van der Waals surface area contributed by atoms with Gasteiger partial charge in [0.2, 0.25) is 0 Å². The molecule has 2 aromatic carbocycles. The van der Waals surface area contributed by atoms with Crippen molar-refractivity contribution in [3.63, 3.8) is 0 Å². The Morgan fingerprint density at radius 3 is 1.96 bits per heavy atom. The molecule has 0 N–H and O–H groups in total. The van der Waals surface area contributed by atoms with Crippen molar-refractivity contribution in [1.29, 1.82) is 0 Å². The molecule has 2 rings (SSSR count). The minimum Gasteiger partial charge on any atom is -0.410 e. The fourth-order valence-corrected chi connectivity index (χ4v) is 2.97. The second kappa shape index (κ2) is 7.32. The Labute approximate surface area is 138 Å². The van der Waals surface area contributed by atoms with E-state index >= 15 is 0 Å². The molecule has 2 aromatic rings. The van der Waals surface area contributed by atoms with Crippen LogP contribution in [0, 0.1) is 20.8 Å². The Morgan fingerprint density at radius 1 is 0.957 bits per heavy atom. The third-order valence-electron chi connectivity index (χ3n) is 4.05. The zero-order valence-electron chi connectivity index (χ0n) is 14.6. The van der Waals surface area contributed by atoms with Gasteiger partial charge < -0.3 is 9.64 Å². The van der Waals surface area contributed by atoms with Crippen LogP contribution >= 0.6 is 0 Å². The molecule has 0 spiro atoms. The summed E-state index contributed by atoms with van der Waals surface area (Å²) in [6, 6.07) is 12.1. The van der Waals surface area contributed by atoms with Crippen molar-refractivity contribution in [2.45, 2.75) is 34.6 Å². The number of nitrogens with zero attached hydrogens (tertiary/aromatic N) is 1. The predicted molar refractivity (Wildman–Crippen MR) is 95.0 cm³/mol. The van der Waals surface area contributed by atoms with E-state index in [-0.39, 0.29) is 6.09 Å². The van der Waals surface area contributed by atoms with E-state index in [0.29, 0.717) is 18.8 Å². The van der Waals surface area contributed by atoms with Gasteiger partial charge in [-0.25, -0.2) is 4.79 Å². The second-order valence-corrected chi connectivity index (χ2v) is 5.84. The van der Waals surface area contributed by atoms with Crippen molar-refractivity contribution in [2.75, 3.05) is 13.1 Å². The fourth-order valence-electron chi connectivity index (χ4n) is 2.97. The summed E-state index contributed by atoms with van der Waals surface area (Å²) in [7, 11) is 0. The highest BCUT2D eigenvalue weighted by molar-refractivity contribution is 5.73. The van der Waals surface area contributed by atoms with Gasteiger partial charge in [0, 0.05) is 13.1 Å². The third kappa shape index (κ3) is 3.92. The number of aryl methyl sites for hydroxylation is 3. The first kappa shape index (κ1) is 17.1. The van der Waals surface area contributed by atoms with Crippen LogP contribution in [0.15, 0.2) is 36.4 Å². The molecule has 0 radical (unpaired) electrons. The molecule has 122 valence electrons. The molecule has 0 heterocycles. The van der Waals surface area contributed by atoms with Gasteiger partial charge in [-0.3, -0.25) is 0 Å². The second-order valence-electron chi connectivity index (χ2n) is 5.84. The van der Waals surface area contributed by atoms with Crippen LogP contribution in [0.2, 0.25) is 0 Å². The van der Waals surface area contributed by atoms with Gasteiger partial charge in [-0.2, -0.15) is 0 Å². The van der Waals surface area contributed by atoms with E-state index in [4.69, 9.17) is 4.74 Å². The van der Waals surface area contributed by atoms with Gasteiger partial charge in [0.1, 0.15) is 5.75 Å². The van der Waals surface area contributed by atoms with Gasteiger partial charge in [0.15, 0.2) is 0 Å². The van der Waals surface area contributed by atoms with Crippen molar-refractivity contribution in [3.05, 3.63) is 53.1 Å². The first-order valence-electron chi connectivity index (χ1n) is 8.11. The lowest BCUT2D eigenvalue weighted by Crippen LogP contribution is -2.33. The number of rotatable bonds is 4. The SMILES string of the molecule is CCN(CC)C(=O)Oc1ccc(-c2c(C)cc(C)cc2C)cc1. The standard InChI is InChI=1S/C20H25NO2/c1-6-21(7-2)20(22)23-18-10-8-17(9-11-18)19-15(4)12-14(3)13-16(19)5/h8-13H,6-7H2,1-5H3. The number of benzene rings is 2. The average Bonchev–Trinajstić information content (AvgIpc) is 2.49. The maximum absolute atomic E-state index is 12.0. The maximum atomic E-state index is 12.0. The Kier molecular flexibility index (Phi) is 5.43. The third-order valence-corrected chi connectivity index (χ3v) is 4.05. The van der Waals surface area contributed by atoms with Crippen LogP contribution in [-0.4, -0.2) is 24.1 Å². The quantitative estimate of drug-likeness (QED) is 0.784. The predicted octanol–water partition coefficient (Wildman–Crippen LogP) is 5.12. The number of ether oxygens (including phenoxy) is 1. The van der Waals surface area contributed by atoms with E-state index < -0.39 is 0 Å². The van der Waals surface area contributed by atoms with Crippen LogP contribution in [0.4, 0.5) is 4.79 Å². The van der Waals surface area contributed by atoms with Crippen LogP contribution in [0.25, 0.3) is 11.1 Å². The van der Waals surface area contributed by atoms with Crippen LogP contribution in [-0.2, 0) is 0 Å². The molecule has 0 aromatic heterocycles. The lowest BCUT2D eigenvalue weighted by molar-refractivity contribution is 0.157. The lowest BCUT2D eigenvalue weighted by atomic mass is 9.94. The molecule has 0 saturated carbocycles. The molecule has 0 aliphatic rings. The fraction of sp³-hybridized carbons (Fsp3) is 0.350. The minimum atomic E-state index is -0.301. The van der Waals surface area contributed by atoms with E-state index in [9.17, 15) is 4.79 Å². The molecule has 1 amide bonds. The number of hydrogen-bond donors (Lipinski definition) is 0. The van der Waals surface area contributed by atoms with Crippen LogP contribution in [0.5, 0.6) is 5.75 Å². The van der Waals surface area contributed by atoms with Gasteiger partial charge in [-0.1, -0.05) is 29.8 Å². The molecular weight excluding hydrogens is 286 g/mol. The lowest BCUT2D eigenvalue weighted by Gasteiger charge is -2.18. The van der Waals surface area contributed by atoms with E-state index in [1.807, 2.05) is 38.1 Å². The minimum absolute atomic E-state index is 0.301. The van der Waals surface area contributed by atoms with Gasteiger partial charge in [-0.15, -0.1) is 0 Å². The molecule has 3 heteroatoms. The summed E-state index contributed by atoms with van der Waals surface area (Å²) in [6.45, 7) is 11.5. The normalized spacial score (nSPS) is 10.5. The number of carbonyl (C=O) groups is 1. The van der Waals surface area contributed by atoms with Crippen LogP contribution in [0.3, 0.4) is 0 Å². The summed E-state index contributed by atoms with van der Waals surface area (Å²) < 4.78 is 5.42. The Hall–Kier alpha value is -2.29. The monoisotopic (exact) mass is 311 g/mol. The van der Waals surface area contributed by atoms with E-state index in [1.165, 1.54) is 22.3 Å². The highest BCUT2D eigenvalue weighted by atomic mass is 16.6. The molecule has 0 fully saturated rings. The number of carbonyl (C=O) groups excluding carboxylic acids is 1. The largest absolute Gasteiger partial charge is 0.415 e. The summed E-state index contributed by atoms with van der Waals surface area (Å²) >= 11 is 0. The topological polar surface area (TPSA) is 29.5 Å². The first-order chi connectivity index (χ1) is 11.0. The van der Waals surface area contributed by atoms with E-state index in [1.54, 1.807) is 4.90 Å². The summed E-state index contributed by atoms with van der Waals surface area (Å²) in [4.78, 5) is 13.6. The van der Waals surface area contributed by atoms with Crippen LogP contribution < -0.4 is 4.74 Å². The zero-order chi connectivity index (χ0) is 17.0. The maximum Gasteiger partial charge on any atom is 0.415 e. The Balaban J connectivity index is 2.22.